The fourth-order valence-electron chi connectivity index (χ4n) is 0.362. The van der Waals surface area contributed by atoms with Crippen LogP contribution in [0.5, 0.6) is 0 Å². The lowest BCUT2D eigenvalue weighted by Gasteiger charge is -1.67. The molecule has 0 atom stereocenters. The fraction of sp³-hybridized carbons (Fsp3) is 0. The Morgan fingerprint density at radius 1 is 1.67 bits per heavy atom. The van der Waals surface area contributed by atoms with Gasteiger partial charge >= 0.3 is 0 Å². The molecule has 4 heteroatoms. The van der Waals surface area contributed by atoms with Crippen LogP contribution in [0.25, 0.3) is 6.08 Å². The summed E-state index contributed by atoms with van der Waals surface area (Å²) in [5.74, 6) is 0. The number of nitriles is 1. The Balaban J connectivity index is 3.03. The van der Waals surface area contributed by atoms with Crippen LogP contribution >= 0.6 is 11.3 Å². The smallest absolute Gasteiger partial charge is 0.190 e. The molecule has 0 saturated carbocycles. The molecule has 0 aliphatic heterocycles. The van der Waals surface area contributed by atoms with Crippen LogP contribution in [0.4, 0.5) is 0 Å². The summed E-state index contributed by atoms with van der Waals surface area (Å²) >= 11 is 1.23. The highest BCUT2D eigenvalue weighted by molar-refractivity contribution is 7.12. The molecule has 1 heterocycles. The highest BCUT2D eigenvalue weighted by atomic mass is 32.1. The molecule has 1 aromatic heterocycles. The first-order valence-corrected chi connectivity index (χ1v) is 3.04. The van der Waals surface area contributed by atoms with Crippen molar-refractivity contribution in [2.75, 3.05) is 0 Å². The van der Waals surface area contributed by atoms with E-state index in [0.29, 0.717) is 10.0 Å². The molecular weight excluding hydrogens is 134 g/mol. The van der Waals surface area contributed by atoms with Gasteiger partial charge in [-0.15, -0.1) is 10.2 Å². The lowest BCUT2D eigenvalue weighted by atomic mass is 10.7. The molecule has 0 radical (unpaired) electrons. The third kappa shape index (κ3) is 1.12. The highest BCUT2D eigenvalue weighted by Gasteiger charge is 1.96. The second-order valence-electron chi connectivity index (χ2n) is 1.26. The van der Waals surface area contributed by atoms with Gasteiger partial charge in [-0.1, -0.05) is 17.9 Å². The summed E-state index contributed by atoms with van der Waals surface area (Å²) in [5, 5.41) is 16.5. The molecule has 0 bridgehead atoms. The topological polar surface area (TPSA) is 49.6 Å². The molecule has 0 aromatic carbocycles. The monoisotopic (exact) mass is 137 g/mol. The zero-order valence-corrected chi connectivity index (χ0v) is 5.35. The van der Waals surface area contributed by atoms with Crippen molar-refractivity contribution in [2.45, 2.75) is 0 Å². The second kappa shape index (κ2) is 2.37. The predicted molar refractivity (Wildman–Crippen MR) is 34.7 cm³/mol. The molecule has 0 unspecified atom stereocenters. The van der Waals surface area contributed by atoms with E-state index in [-0.39, 0.29) is 0 Å². The van der Waals surface area contributed by atoms with Crippen LogP contribution in [0.15, 0.2) is 6.58 Å². The normalized spacial score (nSPS) is 8.33. The van der Waals surface area contributed by atoms with Crippen molar-refractivity contribution >= 4 is 17.4 Å². The van der Waals surface area contributed by atoms with Gasteiger partial charge in [0.05, 0.1) is 0 Å². The van der Waals surface area contributed by atoms with E-state index in [4.69, 9.17) is 5.26 Å². The van der Waals surface area contributed by atoms with E-state index in [1.165, 1.54) is 11.3 Å². The summed E-state index contributed by atoms with van der Waals surface area (Å²) in [7, 11) is 0. The molecule has 44 valence electrons. The molecule has 0 saturated heterocycles. The second-order valence-corrected chi connectivity index (χ2v) is 2.27. The van der Waals surface area contributed by atoms with Crippen molar-refractivity contribution in [2.24, 2.45) is 0 Å². The maximum Gasteiger partial charge on any atom is 0.218 e. The summed E-state index contributed by atoms with van der Waals surface area (Å²) in [6.45, 7) is 3.48. The minimum atomic E-state index is 0.380. The van der Waals surface area contributed by atoms with Crippen LogP contribution in [0.3, 0.4) is 0 Å². The van der Waals surface area contributed by atoms with E-state index in [1.807, 2.05) is 6.07 Å². The molecule has 0 fully saturated rings. The van der Waals surface area contributed by atoms with Gasteiger partial charge in [0.1, 0.15) is 11.1 Å². The number of hydrogen-bond donors (Lipinski definition) is 0. The van der Waals surface area contributed by atoms with Gasteiger partial charge in [-0.05, 0) is 6.08 Å². The zero-order valence-electron chi connectivity index (χ0n) is 4.53. The van der Waals surface area contributed by atoms with Crippen molar-refractivity contribution in [1.29, 1.82) is 5.26 Å². The van der Waals surface area contributed by atoms with Gasteiger partial charge < -0.3 is 0 Å². The molecule has 3 nitrogen and oxygen atoms in total. The van der Waals surface area contributed by atoms with Crippen LogP contribution in [0.2, 0.25) is 0 Å². The highest BCUT2D eigenvalue weighted by Crippen LogP contribution is 2.07. The van der Waals surface area contributed by atoms with Crippen LogP contribution in [0.1, 0.15) is 10.0 Å². The molecule has 1 aromatic rings. The Morgan fingerprint density at radius 3 is 2.78 bits per heavy atom. The predicted octanol–water partition coefficient (Wildman–Crippen LogP) is 1.05. The number of nitrogens with zero attached hydrogens (tertiary/aromatic N) is 3. The van der Waals surface area contributed by atoms with Gasteiger partial charge in [-0.3, -0.25) is 0 Å². The largest absolute Gasteiger partial charge is 0.218 e. The van der Waals surface area contributed by atoms with Crippen molar-refractivity contribution < 1.29 is 0 Å². The van der Waals surface area contributed by atoms with Gasteiger partial charge in [-0.2, -0.15) is 5.26 Å². The first-order chi connectivity index (χ1) is 4.36. The Hall–Kier alpha value is -1.21. The molecule has 0 aliphatic carbocycles. The Bertz CT molecular complexity index is 257. The third-order valence-corrected chi connectivity index (χ3v) is 1.53. The summed E-state index contributed by atoms with van der Waals surface area (Å²) in [6.07, 6.45) is 1.57. The van der Waals surface area contributed by atoms with Crippen molar-refractivity contribution in [1.82, 2.24) is 10.2 Å². The first-order valence-electron chi connectivity index (χ1n) is 2.23. The van der Waals surface area contributed by atoms with Crippen LogP contribution in [-0.4, -0.2) is 10.2 Å². The summed E-state index contributed by atoms with van der Waals surface area (Å²) < 4.78 is 0. The zero-order chi connectivity index (χ0) is 6.69. The van der Waals surface area contributed by atoms with Crippen molar-refractivity contribution in [3.8, 4) is 6.07 Å². The summed E-state index contributed by atoms with van der Waals surface area (Å²) in [6, 6.07) is 1.88. The van der Waals surface area contributed by atoms with Crippen LogP contribution in [0, 0.1) is 11.3 Å². The Morgan fingerprint density at radius 2 is 2.44 bits per heavy atom. The molecule has 0 spiro atoms. The Labute approximate surface area is 56.3 Å². The van der Waals surface area contributed by atoms with E-state index in [0.717, 1.165) is 0 Å². The summed E-state index contributed by atoms with van der Waals surface area (Å²) in [5.41, 5.74) is 0. The maximum absolute atomic E-state index is 8.27. The lowest BCUT2D eigenvalue weighted by Crippen LogP contribution is -1.70. The van der Waals surface area contributed by atoms with Crippen molar-refractivity contribution in [3.63, 3.8) is 0 Å². The number of rotatable bonds is 1. The molecule has 9 heavy (non-hydrogen) atoms. The van der Waals surface area contributed by atoms with E-state index in [9.17, 15) is 0 Å². The lowest BCUT2D eigenvalue weighted by molar-refractivity contribution is 1.06. The van der Waals surface area contributed by atoms with E-state index in [2.05, 4.69) is 16.8 Å². The Kier molecular flexibility index (Phi) is 1.56. The third-order valence-electron chi connectivity index (χ3n) is 0.711. The minimum absolute atomic E-state index is 0.380. The van der Waals surface area contributed by atoms with Gasteiger partial charge in [-0.25, -0.2) is 0 Å². The van der Waals surface area contributed by atoms with Crippen molar-refractivity contribution in [3.05, 3.63) is 16.6 Å². The quantitative estimate of drug-likeness (QED) is 0.581. The molecule has 0 N–H and O–H groups in total. The molecule has 0 aliphatic rings. The van der Waals surface area contributed by atoms with Gasteiger partial charge in [0.15, 0.2) is 0 Å². The van der Waals surface area contributed by atoms with Gasteiger partial charge in [0.25, 0.3) is 0 Å². The first kappa shape index (κ1) is 5.92. The minimum Gasteiger partial charge on any atom is -0.190 e. The van der Waals surface area contributed by atoms with Gasteiger partial charge in [0, 0.05) is 0 Å². The molecule has 0 amide bonds. The maximum atomic E-state index is 8.27. The molecule has 1 rings (SSSR count). The SMILES string of the molecule is C=Cc1nnc(C#N)s1. The standard InChI is InChI=1S/C5H3N3S/c1-2-4-7-8-5(3-6)9-4/h2H,1H2. The fourth-order valence-corrected chi connectivity index (χ4v) is 0.853. The molecular formula is C5H3N3S. The van der Waals surface area contributed by atoms with E-state index in [1.54, 1.807) is 6.08 Å². The van der Waals surface area contributed by atoms with Crippen LogP contribution in [-0.2, 0) is 0 Å². The number of aromatic nitrogens is 2. The van der Waals surface area contributed by atoms with Gasteiger partial charge in [0.2, 0.25) is 5.01 Å². The van der Waals surface area contributed by atoms with E-state index >= 15 is 0 Å². The average Bonchev–Trinajstić information content (AvgIpc) is 2.34. The van der Waals surface area contributed by atoms with E-state index < -0.39 is 0 Å². The summed E-state index contributed by atoms with van der Waals surface area (Å²) in [4.78, 5) is 0. The average molecular weight is 137 g/mol. The number of hydrogen-bond acceptors (Lipinski definition) is 4. The van der Waals surface area contributed by atoms with Crippen LogP contribution < -0.4 is 0 Å².